The van der Waals surface area contributed by atoms with Crippen molar-refractivity contribution < 1.29 is 9.47 Å². The van der Waals surface area contributed by atoms with Gasteiger partial charge in [-0.05, 0) is 57.8 Å². The smallest absolute Gasteiger partial charge is 0.0878 e. The molecule has 4 saturated heterocycles. The molecule has 4 aliphatic heterocycles. The van der Waals surface area contributed by atoms with Crippen molar-refractivity contribution in [3.63, 3.8) is 0 Å². The van der Waals surface area contributed by atoms with Gasteiger partial charge in [0, 0.05) is 32.8 Å². The van der Waals surface area contributed by atoms with E-state index in [1.807, 2.05) is 0 Å². The second kappa shape index (κ2) is 6.76. The van der Waals surface area contributed by atoms with E-state index in [1.54, 1.807) is 0 Å². The average molecular weight is 308 g/mol. The van der Waals surface area contributed by atoms with E-state index in [0.717, 1.165) is 13.2 Å². The second-order valence-corrected chi connectivity index (χ2v) is 7.59. The Morgan fingerprint density at radius 1 is 0.682 bits per heavy atom. The van der Waals surface area contributed by atoms with Gasteiger partial charge in [0.2, 0.25) is 0 Å². The lowest BCUT2D eigenvalue weighted by molar-refractivity contribution is -0.223. The van der Waals surface area contributed by atoms with E-state index in [2.05, 4.69) is 10.0 Å². The number of piperidine rings is 1. The van der Waals surface area contributed by atoms with Crippen molar-refractivity contribution in [1.29, 1.82) is 0 Å². The van der Waals surface area contributed by atoms with Gasteiger partial charge in [-0.2, -0.15) is 0 Å². The van der Waals surface area contributed by atoms with Crippen LogP contribution in [0.3, 0.4) is 0 Å². The number of rotatable bonds is 3. The Labute approximate surface area is 135 Å². The summed E-state index contributed by atoms with van der Waals surface area (Å²) in [4.78, 5) is 0. The van der Waals surface area contributed by atoms with Gasteiger partial charge in [0.15, 0.2) is 0 Å². The highest BCUT2D eigenvalue weighted by Crippen LogP contribution is 2.44. The third-order valence-electron chi connectivity index (χ3n) is 6.33. The van der Waals surface area contributed by atoms with Crippen LogP contribution in [0.2, 0.25) is 0 Å². The molecule has 0 aromatic heterocycles. The van der Waals surface area contributed by atoms with Crippen LogP contribution in [0.4, 0.5) is 0 Å². The average Bonchev–Trinajstić information content (AvgIpc) is 3.29. The summed E-state index contributed by atoms with van der Waals surface area (Å²) in [6.07, 6.45) is 13.6. The zero-order valence-electron chi connectivity index (χ0n) is 14.0. The summed E-state index contributed by atoms with van der Waals surface area (Å²) in [5.41, 5.74) is 0.125. The van der Waals surface area contributed by atoms with E-state index < -0.39 is 0 Å². The number of hydrogen-bond acceptors (Lipinski definition) is 4. The minimum atomic E-state index is 0.125. The zero-order valence-corrected chi connectivity index (χ0v) is 14.0. The van der Waals surface area contributed by atoms with Crippen LogP contribution in [-0.2, 0) is 9.47 Å². The predicted octanol–water partition coefficient (Wildman–Crippen LogP) is 2.97. The van der Waals surface area contributed by atoms with Crippen LogP contribution in [0, 0.1) is 0 Å². The van der Waals surface area contributed by atoms with Crippen molar-refractivity contribution in [2.24, 2.45) is 0 Å². The van der Waals surface area contributed by atoms with Gasteiger partial charge in [0.05, 0.1) is 17.7 Å². The highest BCUT2D eigenvalue weighted by atomic mass is 16.5. The van der Waals surface area contributed by atoms with Gasteiger partial charge in [0.25, 0.3) is 0 Å². The Bertz CT molecular complexity index is 360. The van der Waals surface area contributed by atoms with Gasteiger partial charge in [-0.25, -0.2) is 10.0 Å². The molecule has 3 atom stereocenters. The van der Waals surface area contributed by atoms with Gasteiger partial charge in [-0.3, -0.25) is 0 Å². The maximum absolute atomic E-state index is 6.37. The van der Waals surface area contributed by atoms with Gasteiger partial charge in [-0.15, -0.1) is 0 Å². The summed E-state index contributed by atoms with van der Waals surface area (Å²) < 4.78 is 12.7. The Kier molecular flexibility index (Phi) is 4.72. The van der Waals surface area contributed by atoms with E-state index in [1.165, 1.54) is 83.8 Å². The maximum atomic E-state index is 6.37. The third-order valence-corrected chi connectivity index (χ3v) is 6.33. The fraction of sp³-hybridized carbons (Fsp3) is 1.00. The SMILES string of the molecule is C1CCC(C2(C3CCCO3)CCCCN2N2CCCC2)OC1. The zero-order chi connectivity index (χ0) is 14.8. The lowest BCUT2D eigenvalue weighted by Crippen LogP contribution is -2.70. The minimum absolute atomic E-state index is 0.125. The summed E-state index contributed by atoms with van der Waals surface area (Å²) in [7, 11) is 0. The summed E-state index contributed by atoms with van der Waals surface area (Å²) >= 11 is 0. The molecule has 0 bridgehead atoms. The van der Waals surface area contributed by atoms with Gasteiger partial charge < -0.3 is 9.47 Å². The van der Waals surface area contributed by atoms with E-state index in [0.29, 0.717) is 12.2 Å². The van der Waals surface area contributed by atoms with E-state index in [9.17, 15) is 0 Å². The summed E-state index contributed by atoms with van der Waals surface area (Å²) in [6, 6.07) is 0. The molecule has 4 nitrogen and oxygen atoms in total. The fourth-order valence-electron chi connectivity index (χ4n) is 5.32. The monoisotopic (exact) mass is 308 g/mol. The first-order valence-electron chi connectivity index (χ1n) is 9.67. The summed E-state index contributed by atoms with van der Waals surface area (Å²) in [6.45, 7) is 5.59. The second-order valence-electron chi connectivity index (χ2n) is 7.59. The van der Waals surface area contributed by atoms with Crippen molar-refractivity contribution in [1.82, 2.24) is 10.0 Å². The van der Waals surface area contributed by atoms with Crippen LogP contribution in [0.15, 0.2) is 0 Å². The molecule has 4 heteroatoms. The molecule has 3 unspecified atom stereocenters. The quantitative estimate of drug-likeness (QED) is 0.800. The molecule has 0 radical (unpaired) electrons. The minimum Gasteiger partial charge on any atom is -0.376 e. The molecule has 126 valence electrons. The molecule has 0 N–H and O–H groups in total. The normalized spacial score (nSPS) is 42.0. The number of hydrazine groups is 1. The topological polar surface area (TPSA) is 24.9 Å². The molecule has 4 heterocycles. The number of nitrogens with zero attached hydrogens (tertiary/aromatic N) is 2. The maximum Gasteiger partial charge on any atom is 0.0878 e. The molecule has 0 saturated carbocycles. The lowest BCUT2D eigenvalue weighted by Gasteiger charge is -2.57. The van der Waals surface area contributed by atoms with Gasteiger partial charge in [0.1, 0.15) is 0 Å². The molecule has 4 fully saturated rings. The van der Waals surface area contributed by atoms with Crippen molar-refractivity contribution >= 4 is 0 Å². The standard InChI is InChI=1S/C18H32N2O2/c1-6-14-21-16(8-1)18(17-9-7-15-22-17)10-2-3-13-20(18)19-11-4-5-12-19/h16-17H,1-15H2. The largest absolute Gasteiger partial charge is 0.376 e. The summed E-state index contributed by atoms with van der Waals surface area (Å²) in [5, 5.41) is 5.40. The number of ether oxygens (including phenoxy) is 2. The first-order valence-corrected chi connectivity index (χ1v) is 9.67. The van der Waals surface area contributed by atoms with E-state index in [-0.39, 0.29) is 5.54 Å². The molecule has 22 heavy (non-hydrogen) atoms. The molecule has 0 aromatic rings. The number of hydrogen-bond donors (Lipinski definition) is 0. The predicted molar refractivity (Wildman–Crippen MR) is 86.7 cm³/mol. The van der Waals surface area contributed by atoms with Gasteiger partial charge >= 0.3 is 0 Å². The third kappa shape index (κ3) is 2.62. The molecular weight excluding hydrogens is 276 g/mol. The van der Waals surface area contributed by atoms with Crippen molar-refractivity contribution in [2.45, 2.75) is 82.0 Å². The Hall–Kier alpha value is -0.160. The van der Waals surface area contributed by atoms with Gasteiger partial charge in [-0.1, -0.05) is 6.42 Å². The van der Waals surface area contributed by atoms with Crippen molar-refractivity contribution in [3.8, 4) is 0 Å². The molecule has 0 aromatic carbocycles. The van der Waals surface area contributed by atoms with E-state index in [4.69, 9.17) is 9.47 Å². The Balaban J connectivity index is 1.65. The molecular formula is C18H32N2O2. The van der Waals surface area contributed by atoms with Crippen LogP contribution in [0.25, 0.3) is 0 Å². The highest BCUT2D eigenvalue weighted by Gasteiger charge is 2.55. The Morgan fingerprint density at radius 2 is 1.36 bits per heavy atom. The summed E-state index contributed by atoms with van der Waals surface area (Å²) in [5.74, 6) is 0. The molecule has 0 spiro atoms. The van der Waals surface area contributed by atoms with E-state index >= 15 is 0 Å². The Morgan fingerprint density at radius 3 is 2.05 bits per heavy atom. The molecule has 0 amide bonds. The van der Waals surface area contributed by atoms with Crippen LogP contribution in [-0.4, -0.2) is 60.6 Å². The van der Waals surface area contributed by atoms with Crippen LogP contribution in [0.1, 0.15) is 64.2 Å². The van der Waals surface area contributed by atoms with Crippen molar-refractivity contribution in [2.75, 3.05) is 32.8 Å². The lowest BCUT2D eigenvalue weighted by atomic mass is 9.75. The molecule has 0 aliphatic carbocycles. The first kappa shape index (κ1) is 15.4. The molecule has 4 rings (SSSR count). The van der Waals surface area contributed by atoms with Crippen LogP contribution >= 0.6 is 0 Å². The van der Waals surface area contributed by atoms with Crippen molar-refractivity contribution in [3.05, 3.63) is 0 Å². The van der Waals surface area contributed by atoms with Crippen LogP contribution in [0.5, 0.6) is 0 Å². The van der Waals surface area contributed by atoms with Crippen LogP contribution < -0.4 is 0 Å². The highest BCUT2D eigenvalue weighted by molar-refractivity contribution is 5.06. The first-order chi connectivity index (χ1) is 10.9. The fourth-order valence-corrected chi connectivity index (χ4v) is 5.32. The molecule has 4 aliphatic rings.